The predicted molar refractivity (Wildman–Crippen MR) is 117 cm³/mol. The fourth-order valence-electron chi connectivity index (χ4n) is 3.79. The van der Waals surface area contributed by atoms with E-state index in [0.717, 1.165) is 36.0 Å². The Labute approximate surface area is 184 Å². The van der Waals surface area contributed by atoms with Crippen LogP contribution in [-0.4, -0.2) is 47.9 Å². The van der Waals surface area contributed by atoms with Gasteiger partial charge in [-0.15, -0.1) is 0 Å². The highest BCUT2D eigenvalue weighted by molar-refractivity contribution is 6.05. The summed E-state index contributed by atoms with van der Waals surface area (Å²) < 4.78 is 18.3. The summed E-state index contributed by atoms with van der Waals surface area (Å²) in [6, 6.07) is 12.7. The highest BCUT2D eigenvalue weighted by atomic mass is 19.1. The number of fused-ring (bicyclic) bond motifs is 2. The number of aromatic nitrogens is 1. The average Bonchev–Trinajstić information content (AvgIpc) is 3.25. The molecule has 0 spiro atoms. The second-order valence-corrected chi connectivity index (χ2v) is 7.66. The van der Waals surface area contributed by atoms with E-state index in [0.29, 0.717) is 16.6 Å². The predicted octanol–water partition coefficient (Wildman–Crippen LogP) is 3.12. The van der Waals surface area contributed by atoms with E-state index in [9.17, 15) is 18.8 Å². The lowest BCUT2D eigenvalue weighted by molar-refractivity contribution is -0.136. The number of carbonyl (C=O) groups excluding carboxylic acids is 3. The number of benzene rings is 2. The van der Waals surface area contributed by atoms with Crippen LogP contribution in [0.5, 0.6) is 0 Å². The van der Waals surface area contributed by atoms with Gasteiger partial charge in [0.25, 0.3) is 5.91 Å². The maximum Gasteiger partial charge on any atom is 0.339 e. The van der Waals surface area contributed by atoms with Crippen molar-refractivity contribution in [2.45, 2.75) is 19.3 Å². The van der Waals surface area contributed by atoms with Gasteiger partial charge in [-0.1, -0.05) is 18.2 Å². The van der Waals surface area contributed by atoms with Gasteiger partial charge in [-0.2, -0.15) is 0 Å². The van der Waals surface area contributed by atoms with Gasteiger partial charge in [0.05, 0.1) is 17.6 Å². The van der Waals surface area contributed by atoms with E-state index >= 15 is 0 Å². The van der Waals surface area contributed by atoms with Gasteiger partial charge in [0, 0.05) is 23.8 Å². The quantitative estimate of drug-likeness (QED) is 0.601. The summed E-state index contributed by atoms with van der Waals surface area (Å²) in [5.74, 6) is -1.94. The lowest BCUT2D eigenvalue weighted by Crippen LogP contribution is -2.37. The van der Waals surface area contributed by atoms with Crippen molar-refractivity contribution in [3.63, 3.8) is 0 Å². The third-order valence-corrected chi connectivity index (χ3v) is 5.38. The summed E-state index contributed by atoms with van der Waals surface area (Å²) in [5, 5.41) is 3.29. The number of nitrogens with zero attached hydrogens (tertiary/aromatic N) is 2. The second-order valence-electron chi connectivity index (χ2n) is 7.66. The first-order valence-corrected chi connectivity index (χ1v) is 10.3. The number of carbonyl (C=O) groups is 3. The van der Waals surface area contributed by atoms with Crippen molar-refractivity contribution in [3.8, 4) is 0 Å². The molecule has 0 aliphatic heterocycles. The SMILES string of the molecule is CN(CC(=O)Nc1ccc(F)cc1)C(=O)COC(=O)c1c2c(nc3ccccc13)CCC2. The molecule has 1 heterocycles. The Balaban J connectivity index is 1.38. The molecule has 0 unspecified atom stereocenters. The van der Waals surface area contributed by atoms with Crippen LogP contribution in [0.3, 0.4) is 0 Å². The summed E-state index contributed by atoms with van der Waals surface area (Å²) in [6.45, 7) is -0.716. The molecule has 7 nitrogen and oxygen atoms in total. The summed E-state index contributed by atoms with van der Waals surface area (Å²) in [6.07, 6.45) is 2.48. The smallest absolute Gasteiger partial charge is 0.339 e. The molecule has 1 aliphatic rings. The number of esters is 1. The molecule has 0 saturated carbocycles. The van der Waals surface area contributed by atoms with Crippen LogP contribution in [0.15, 0.2) is 48.5 Å². The van der Waals surface area contributed by atoms with Gasteiger partial charge in [-0.25, -0.2) is 9.18 Å². The van der Waals surface area contributed by atoms with Crippen molar-refractivity contribution < 1.29 is 23.5 Å². The van der Waals surface area contributed by atoms with Crippen molar-refractivity contribution in [2.75, 3.05) is 25.5 Å². The van der Waals surface area contributed by atoms with Gasteiger partial charge in [-0.3, -0.25) is 14.6 Å². The topological polar surface area (TPSA) is 88.6 Å². The van der Waals surface area contributed by atoms with Gasteiger partial charge >= 0.3 is 5.97 Å². The molecule has 0 fully saturated rings. The first kappa shape index (κ1) is 21.4. The molecule has 0 bridgehead atoms. The zero-order chi connectivity index (χ0) is 22.7. The molecule has 0 atom stereocenters. The molecular formula is C24H22FN3O4. The number of rotatable bonds is 6. The summed E-state index contributed by atoms with van der Waals surface area (Å²) in [4.78, 5) is 43.3. The number of amides is 2. The molecule has 2 aromatic carbocycles. The fraction of sp³-hybridized carbons (Fsp3) is 0.250. The van der Waals surface area contributed by atoms with Gasteiger partial charge in [0.1, 0.15) is 5.82 Å². The number of hydrogen-bond acceptors (Lipinski definition) is 5. The van der Waals surface area contributed by atoms with E-state index in [2.05, 4.69) is 10.3 Å². The summed E-state index contributed by atoms with van der Waals surface area (Å²) in [5.41, 5.74) is 3.39. The number of likely N-dealkylation sites (N-methyl/N-ethyl adjacent to an activating group) is 1. The maximum absolute atomic E-state index is 13.0. The first-order chi connectivity index (χ1) is 15.4. The summed E-state index contributed by atoms with van der Waals surface area (Å²) >= 11 is 0. The van der Waals surface area contributed by atoms with E-state index in [-0.39, 0.29) is 6.54 Å². The maximum atomic E-state index is 13.0. The Hall–Kier alpha value is -3.81. The Bertz CT molecular complexity index is 1190. The van der Waals surface area contributed by atoms with Crippen molar-refractivity contribution in [2.24, 2.45) is 0 Å². The van der Waals surface area contributed by atoms with Gasteiger partial charge < -0.3 is 15.0 Å². The van der Waals surface area contributed by atoms with Crippen LogP contribution in [0.25, 0.3) is 10.9 Å². The zero-order valence-electron chi connectivity index (χ0n) is 17.6. The number of aryl methyl sites for hydroxylation is 1. The Kier molecular flexibility index (Phi) is 6.11. The monoisotopic (exact) mass is 435 g/mol. The number of nitrogens with one attached hydrogen (secondary N) is 1. The lowest BCUT2D eigenvalue weighted by Gasteiger charge is -2.17. The van der Waals surface area contributed by atoms with Crippen LogP contribution in [-0.2, 0) is 27.2 Å². The molecule has 32 heavy (non-hydrogen) atoms. The molecule has 0 radical (unpaired) electrons. The minimum Gasteiger partial charge on any atom is -0.452 e. The molecule has 1 aliphatic carbocycles. The van der Waals surface area contributed by atoms with Crippen LogP contribution in [0.2, 0.25) is 0 Å². The Morgan fingerprint density at radius 1 is 1.09 bits per heavy atom. The number of anilines is 1. The first-order valence-electron chi connectivity index (χ1n) is 10.3. The van der Waals surface area contributed by atoms with E-state index in [1.165, 1.54) is 36.2 Å². The largest absolute Gasteiger partial charge is 0.452 e. The third-order valence-electron chi connectivity index (χ3n) is 5.38. The molecule has 3 aromatic rings. The molecule has 0 saturated heterocycles. The van der Waals surface area contributed by atoms with Crippen LogP contribution >= 0.6 is 0 Å². The number of pyridine rings is 1. The number of ether oxygens (including phenoxy) is 1. The van der Waals surface area contributed by atoms with Crippen molar-refractivity contribution in [3.05, 3.63) is 71.2 Å². The van der Waals surface area contributed by atoms with Gasteiger partial charge in [0.15, 0.2) is 6.61 Å². The number of halogens is 1. The molecule has 4 rings (SSSR count). The highest BCUT2D eigenvalue weighted by Gasteiger charge is 2.25. The normalized spacial score (nSPS) is 12.3. The van der Waals surface area contributed by atoms with Crippen molar-refractivity contribution in [1.29, 1.82) is 0 Å². The van der Waals surface area contributed by atoms with Crippen LogP contribution < -0.4 is 5.32 Å². The van der Waals surface area contributed by atoms with E-state index in [4.69, 9.17) is 4.74 Å². The van der Waals surface area contributed by atoms with Crippen molar-refractivity contribution >= 4 is 34.4 Å². The van der Waals surface area contributed by atoms with Gasteiger partial charge in [0.2, 0.25) is 5.91 Å². The highest BCUT2D eigenvalue weighted by Crippen LogP contribution is 2.30. The fourth-order valence-corrected chi connectivity index (χ4v) is 3.79. The molecular weight excluding hydrogens is 413 g/mol. The summed E-state index contributed by atoms with van der Waals surface area (Å²) in [7, 11) is 1.44. The Morgan fingerprint density at radius 2 is 1.84 bits per heavy atom. The molecule has 8 heteroatoms. The van der Waals surface area contributed by atoms with Crippen LogP contribution in [0, 0.1) is 5.82 Å². The molecule has 164 valence electrons. The minimum atomic E-state index is -0.570. The van der Waals surface area contributed by atoms with E-state index in [1.54, 1.807) is 0 Å². The van der Waals surface area contributed by atoms with Crippen LogP contribution in [0.4, 0.5) is 10.1 Å². The molecule has 1 N–H and O–H groups in total. The molecule has 2 amide bonds. The zero-order valence-corrected chi connectivity index (χ0v) is 17.6. The number of hydrogen-bond donors (Lipinski definition) is 1. The van der Waals surface area contributed by atoms with E-state index < -0.39 is 30.2 Å². The van der Waals surface area contributed by atoms with E-state index in [1.807, 2.05) is 24.3 Å². The van der Waals surface area contributed by atoms with Crippen LogP contribution in [0.1, 0.15) is 28.0 Å². The average molecular weight is 435 g/mol. The third kappa shape index (κ3) is 4.59. The molecule has 1 aromatic heterocycles. The second kappa shape index (κ2) is 9.13. The Morgan fingerprint density at radius 3 is 2.62 bits per heavy atom. The number of para-hydroxylation sites is 1. The van der Waals surface area contributed by atoms with Crippen molar-refractivity contribution in [1.82, 2.24) is 9.88 Å². The standard InChI is InChI=1S/C24H22FN3O4/c1-28(13-21(29)26-16-11-9-15(25)10-12-16)22(30)14-32-24(31)23-17-5-2-3-7-19(17)27-20-8-4-6-18(20)23/h2-3,5,7,9-12H,4,6,8,13-14H2,1H3,(H,26,29). The minimum absolute atomic E-state index is 0.235. The van der Waals surface area contributed by atoms with Gasteiger partial charge in [-0.05, 0) is 55.2 Å². The lowest BCUT2D eigenvalue weighted by atomic mass is 10.0.